The van der Waals surface area contributed by atoms with Crippen LogP contribution in [0, 0.1) is 0 Å². The molecule has 18 heavy (non-hydrogen) atoms. The highest BCUT2D eigenvalue weighted by Gasteiger charge is 2.19. The van der Waals surface area contributed by atoms with Crippen LogP contribution in [0.2, 0.25) is 0 Å². The molecule has 0 saturated carbocycles. The topological polar surface area (TPSA) is 69.6 Å². The van der Waals surface area contributed by atoms with E-state index in [1.807, 2.05) is 12.1 Å². The van der Waals surface area contributed by atoms with Crippen molar-refractivity contribution in [1.82, 2.24) is 4.90 Å². The van der Waals surface area contributed by atoms with Gasteiger partial charge in [-0.3, -0.25) is 14.5 Å². The summed E-state index contributed by atoms with van der Waals surface area (Å²) in [4.78, 5) is 23.9. The Balaban J connectivity index is 2.62. The zero-order valence-electron chi connectivity index (χ0n) is 10.2. The highest BCUT2D eigenvalue weighted by Crippen LogP contribution is 2.16. The number of benzene rings is 1. The maximum Gasteiger partial charge on any atom is 0.317 e. The van der Waals surface area contributed by atoms with Crippen molar-refractivity contribution in [2.24, 2.45) is 0 Å². The summed E-state index contributed by atoms with van der Waals surface area (Å²) < 4.78 is 0.867. The van der Waals surface area contributed by atoms with E-state index in [4.69, 9.17) is 5.11 Å². The molecular formula is C12H15BrN2O3. The van der Waals surface area contributed by atoms with Gasteiger partial charge in [-0.15, -0.1) is 0 Å². The Bertz CT molecular complexity index is 451. The van der Waals surface area contributed by atoms with Crippen LogP contribution in [0.15, 0.2) is 28.7 Å². The lowest BCUT2D eigenvalue weighted by molar-refractivity contribution is -0.138. The molecule has 1 unspecified atom stereocenters. The van der Waals surface area contributed by atoms with E-state index in [-0.39, 0.29) is 12.5 Å². The predicted octanol–water partition coefficient (Wildman–Crippen LogP) is 1.79. The molecule has 0 bridgehead atoms. The maximum atomic E-state index is 11.9. The number of carboxylic acid groups (broad SMARTS) is 1. The van der Waals surface area contributed by atoms with E-state index in [0.29, 0.717) is 5.69 Å². The zero-order valence-corrected chi connectivity index (χ0v) is 11.8. The number of carbonyl (C=O) groups excluding carboxylic acids is 1. The number of aliphatic carboxylic acids is 1. The van der Waals surface area contributed by atoms with Gasteiger partial charge < -0.3 is 10.4 Å². The Kier molecular flexibility index (Phi) is 5.30. The van der Waals surface area contributed by atoms with Crippen LogP contribution in [0.4, 0.5) is 5.69 Å². The molecule has 0 aromatic heterocycles. The van der Waals surface area contributed by atoms with Gasteiger partial charge in [0, 0.05) is 10.2 Å². The third-order valence-corrected chi connectivity index (χ3v) is 3.01. The molecule has 0 saturated heterocycles. The molecule has 0 aliphatic heterocycles. The third kappa shape index (κ3) is 4.46. The fourth-order valence-corrected chi connectivity index (χ4v) is 1.76. The molecule has 0 aliphatic rings. The van der Waals surface area contributed by atoms with E-state index >= 15 is 0 Å². The summed E-state index contributed by atoms with van der Waals surface area (Å²) in [7, 11) is 1.60. The fraction of sp³-hybridized carbons (Fsp3) is 0.333. The third-order valence-electron chi connectivity index (χ3n) is 2.52. The summed E-state index contributed by atoms with van der Waals surface area (Å²) >= 11 is 3.31. The molecule has 2 N–H and O–H groups in total. The summed E-state index contributed by atoms with van der Waals surface area (Å²) in [5.74, 6) is -1.20. The summed E-state index contributed by atoms with van der Waals surface area (Å²) in [6.45, 7) is 1.49. The van der Waals surface area contributed by atoms with Crippen molar-refractivity contribution in [1.29, 1.82) is 0 Å². The van der Waals surface area contributed by atoms with Crippen molar-refractivity contribution in [2.45, 2.75) is 13.0 Å². The Morgan fingerprint density at radius 2 is 2.17 bits per heavy atom. The van der Waals surface area contributed by atoms with E-state index in [0.717, 1.165) is 4.47 Å². The fourth-order valence-electron chi connectivity index (χ4n) is 1.36. The van der Waals surface area contributed by atoms with Gasteiger partial charge in [-0.05, 0) is 32.2 Å². The van der Waals surface area contributed by atoms with Crippen molar-refractivity contribution in [3.63, 3.8) is 0 Å². The van der Waals surface area contributed by atoms with Crippen LogP contribution < -0.4 is 5.32 Å². The first kappa shape index (κ1) is 14.7. The normalized spacial score (nSPS) is 12.2. The number of hydrogen-bond donors (Lipinski definition) is 2. The number of likely N-dealkylation sites (N-methyl/N-ethyl adjacent to an activating group) is 1. The highest BCUT2D eigenvalue weighted by atomic mass is 79.9. The van der Waals surface area contributed by atoms with Crippen molar-refractivity contribution in [3.05, 3.63) is 28.7 Å². The number of nitrogens with zero attached hydrogens (tertiary/aromatic N) is 1. The molecular weight excluding hydrogens is 300 g/mol. The minimum Gasteiger partial charge on any atom is -0.480 e. The summed E-state index contributed by atoms with van der Waals surface area (Å²) in [5, 5.41) is 11.4. The average molecular weight is 315 g/mol. The van der Waals surface area contributed by atoms with Gasteiger partial charge in [-0.2, -0.15) is 0 Å². The first-order valence-corrected chi connectivity index (χ1v) is 6.18. The zero-order chi connectivity index (χ0) is 13.7. The monoisotopic (exact) mass is 314 g/mol. The van der Waals surface area contributed by atoms with Gasteiger partial charge in [0.2, 0.25) is 5.91 Å². The Morgan fingerprint density at radius 3 is 2.72 bits per heavy atom. The van der Waals surface area contributed by atoms with E-state index in [1.54, 1.807) is 26.1 Å². The largest absolute Gasteiger partial charge is 0.480 e. The van der Waals surface area contributed by atoms with Crippen LogP contribution in [-0.2, 0) is 9.59 Å². The van der Waals surface area contributed by atoms with E-state index in [2.05, 4.69) is 21.2 Å². The van der Waals surface area contributed by atoms with Crippen LogP contribution in [0.1, 0.15) is 6.92 Å². The van der Waals surface area contributed by atoms with Crippen molar-refractivity contribution in [3.8, 4) is 0 Å². The first-order chi connectivity index (χ1) is 8.40. The second-order valence-corrected chi connectivity index (χ2v) is 4.90. The first-order valence-electron chi connectivity index (χ1n) is 5.38. The lowest BCUT2D eigenvalue weighted by atomic mass is 10.2. The molecule has 0 heterocycles. The van der Waals surface area contributed by atoms with Gasteiger partial charge in [0.15, 0.2) is 0 Å². The van der Waals surface area contributed by atoms with Crippen LogP contribution in [0.25, 0.3) is 0 Å². The molecule has 1 aromatic carbocycles. The average Bonchev–Trinajstić information content (AvgIpc) is 2.27. The second kappa shape index (κ2) is 6.51. The quantitative estimate of drug-likeness (QED) is 0.869. The van der Waals surface area contributed by atoms with E-state index < -0.39 is 12.0 Å². The van der Waals surface area contributed by atoms with Crippen LogP contribution in [0.5, 0.6) is 0 Å². The lowest BCUT2D eigenvalue weighted by Crippen LogP contribution is -2.42. The summed E-state index contributed by atoms with van der Waals surface area (Å²) in [6.07, 6.45) is 0. The number of halogens is 1. The number of anilines is 1. The number of carboxylic acids is 1. The molecule has 0 radical (unpaired) electrons. The predicted molar refractivity (Wildman–Crippen MR) is 72.5 cm³/mol. The van der Waals surface area contributed by atoms with Crippen molar-refractivity contribution >= 4 is 33.5 Å². The van der Waals surface area contributed by atoms with Crippen molar-refractivity contribution < 1.29 is 14.7 Å². The van der Waals surface area contributed by atoms with Crippen molar-refractivity contribution in [2.75, 3.05) is 18.9 Å². The van der Waals surface area contributed by atoms with Gasteiger partial charge in [-0.1, -0.05) is 22.0 Å². The molecule has 1 atom stereocenters. The Labute approximate surface area is 114 Å². The van der Waals surface area contributed by atoms with Gasteiger partial charge in [0.05, 0.1) is 12.6 Å². The summed E-state index contributed by atoms with van der Waals surface area (Å²) in [6, 6.07) is 6.70. The molecule has 5 nitrogen and oxygen atoms in total. The number of carbonyl (C=O) groups is 2. The molecule has 1 rings (SSSR count). The molecule has 6 heteroatoms. The van der Waals surface area contributed by atoms with Crippen LogP contribution >= 0.6 is 15.9 Å². The second-order valence-electron chi connectivity index (χ2n) is 3.98. The standard InChI is InChI=1S/C12H15BrN2O3/c1-8(15(2)7-11(16)17)12(18)14-10-5-3-4-9(13)6-10/h3-6,8H,7H2,1-2H3,(H,14,18)(H,16,17). The lowest BCUT2D eigenvalue weighted by Gasteiger charge is -2.21. The van der Waals surface area contributed by atoms with E-state index in [1.165, 1.54) is 4.90 Å². The van der Waals surface area contributed by atoms with E-state index in [9.17, 15) is 9.59 Å². The minimum atomic E-state index is -0.959. The molecule has 0 aliphatic carbocycles. The number of nitrogens with one attached hydrogen (secondary N) is 1. The highest BCUT2D eigenvalue weighted by molar-refractivity contribution is 9.10. The molecule has 0 fully saturated rings. The Morgan fingerprint density at radius 1 is 1.50 bits per heavy atom. The number of amides is 1. The summed E-state index contributed by atoms with van der Waals surface area (Å²) in [5.41, 5.74) is 0.671. The molecule has 1 amide bonds. The van der Waals surface area contributed by atoms with Crippen LogP contribution in [-0.4, -0.2) is 41.5 Å². The molecule has 1 aromatic rings. The van der Waals surface area contributed by atoms with Crippen LogP contribution in [0.3, 0.4) is 0 Å². The molecule has 98 valence electrons. The molecule has 0 spiro atoms. The number of rotatable bonds is 5. The Hall–Kier alpha value is -1.40. The smallest absolute Gasteiger partial charge is 0.317 e. The van der Waals surface area contributed by atoms with Gasteiger partial charge in [0.1, 0.15) is 0 Å². The van der Waals surface area contributed by atoms with Gasteiger partial charge in [0.25, 0.3) is 0 Å². The SMILES string of the molecule is CC(C(=O)Nc1cccc(Br)c1)N(C)CC(=O)O. The van der Waals surface area contributed by atoms with Gasteiger partial charge in [-0.25, -0.2) is 0 Å². The van der Waals surface area contributed by atoms with Gasteiger partial charge >= 0.3 is 5.97 Å². The maximum absolute atomic E-state index is 11.9. The minimum absolute atomic E-state index is 0.174. The number of hydrogen-bond acceptors (Lipinski definition) is 3.